The minimum absolute atomic E-state index is 0.203. The van der Waals surface area contributed by atoms with Gasteiger partial charge >= 0.3 is 5.97 Å². The summed E-state index contributed by atoms with van der Waals surface area (Å²) in [5.41, 5.74) is 2.00. The molecule has 126 valence electrons. The molecule has 25 heavy (non-hydrogen) atoms. The Morgan fingerprint density at radius 3 is 2.48 bits per heavy atom. The Morgan fingerprint density at radius 2 is 1.84 bits per heavy atom. The second-order valence-electron chi connectivity index (χ2n) is 5.41. The number of nitrogens with zero attached hydrogens (tertiary/aromatic N) is 2. The van der Waals surface area contributed by atoms with E-state index >= 15 is 0 Å². The number of hydrogen-bond acceptors (Lipinski definition) is 4. The predicted molar refractivity (Wildman–Crippen MR) is 93.5 cm³/mol. The highest BCUT2D eigenvalue weighted by atomic mass is 19.1. The molecule has 2 N–H and O–H groups in total. The number of aromatic nitrogens is 2. The zero-order chi connectivity index (χ0) is 17.8. The molecule has 0 unspecified atom stereocenters. The number of aryl methyl sites for hydroxylation is 1. The van der Waals surface area contributed by atoms with Gasteiger partial charge in [0, 0.05) is 17.4 Å². The maximum absolute atomic E-state index is 14.0. The van der Waals surface area contributed by atoms with Crippen LogP contribution >= 0.6 is 0 Å². The first-order valence-corrected chi connectivity index (χ1v) is 7.80. The van der Waals surface area contributed by atoms with Crippen molar-refractivity contribution in [2.45, 2.75) is 13.3 Å². The average molecular weight is 337 g/mol. The van der Waals surface area contributed by atoms with E-state index in [4.69, 9.17) is 5.11 Å². The standard InChI is InChI=1S/C19H16FN3O2/c1-2-13-11-17(21-14-9-7-12(8-10-14)19(24)25)23-18(22-13)15-5-3-4-6-16(15)20/h3-11H,2H2,1H3,(H,24,25)(H,21,22,23). The molecule has 6 heteroatoms. The van der Waals surface area contributed by atoms with Crippen LogP contribution in [0.3, 0.4) is 0 Å². The van der Waals surface area contributed by atoms with E-state index in [1.165, 1.54) is 18.2 Å². The van der Waals surface area contributed by atoms with Crippen molar-refractivity contribution < 1.29 is 14.3 Å². The van der Waals surface area contributed by atoms with Gasteiger partial charge in [-0.05, 0) is 42.8 Å². The second-order valence-corrected chi connectivity index (χ2v) is 5.41. The van der Waals surface area contributed by atoms with Crippen molar-refractivity contribution in [1.82, 2.24) is 9.97 Å². The summed E-state index contributed by atoms with van der Waals surface area (Å²) in [4.78, 5) is 19.7. The van der Waals surface area contributed by atoms with Gasteiger partial charge in [0.15, 0.2) is 5.82 Å². The first-order valence-electron chi connectivity index (χ1n) is 7.80. The fourth-order valence-electron chi connectivity index (χ4n) is 2.35. The molecule has 1 aromatic heterocycles. The Kier molecular flexibility index (Phi) is 4.70. The van der Waals surface area contributed by atoms with E-state index in [-0.39, 0.29) is 11.4 Å². The molecule has 0 saturated carbocycles. The number of hydrogen-bond donors (Lipinski definition) is 2. The number of anilines is 2. The van der Waals surface area contributed by atoms with Gasteiger partial charge in [0.2, 0.25) is 0 Å². The van der Waals surface area contributed by atoms with Crippen molar-refractivity contribution in [3.8, 4) is 11.4 Å². The Morgan fingerprint density at radius 1 is 1.12 bits per heavy atom. The van der Waals surface area contributed by atoms with Gasteiger partial charge < -0.3 is 10.4 Å². The van der Waals surface area contributed by atoms with Gasteiger partial charge in [-0.25, -0.2) is 19.2 Å². The summed E-state index contributed by atoms with van der Waals surface area (Å²) in [5, 5.41) is 12.1. The van der Waals surface area contributed by atoms with Gasteiger partial charge in [-0.15, -0.1) is 0 Å². The average Bonchev–Trinajstić information content (AvgIpc) is 2.62. The summed E-state index contributed by atoms with van der Waals surface area (Å²) in [7, 11) is 0. The van der Waals surface area contributed by atoms with Crippen LogP contribution in [0.1, 0.15) is 23.0 Å². The first-order chi connectivity index (χ1) is 12.1. The number of benzene rings is 2. The molecule has 3 aromatic rings. The van der Waals surface area contributed by atoms with Gasteiger partial charge in [-0.2, -0.15) is 0 Å². The van der Waals surface area contributed by atoms with Crippen molar-refractivity contribution in [3.63, 3.8) is 0 Å². The summed E-state index contributed by atoms with van der Waals surface area (Å²) in [5.74, 6) is -0.536. The molecular weight excluding hydrogens is 321 g/mol. The molecule has 2 aromatic carbocycles. The number of rotatable bonds is 5. The third-order valence-electron chi connectivity index (χ3n) is 3.66. The SMILES string of the molecule is CCc1cc(Nc2ccc(C(=O)O)cc2)nc(-c2ccccc2F)n1. The number of carboxylic acid groups (broad SMARTS) is 1. The number of carboxylic acids is 1. The van der Waals surface area contributed by atoms with Crippen LogP contribution in [0.2, 0.25) is 0 Å². The first kappa shape index (κ1) is 16.6. The molecule has 3 rings (SSSR count). The zero-order valence-electron chi connectivity index (χ0n) is 13.5. The van der Waals surface area contributed by atoms with Gasteiger partial charge in [-0.3, -0.25) is 0 Å². The van der Waals surface area contributed by atoms with Crippen LogP contribution in [0.25, 0.3) is 11.4 Å². The maximum Gasteiger partial charge on any atom is 0.335 e. The molecule has 5 nitrogen and oxygen atoms in total. The molecule has 0 aliphatic rings. The largest absolute Gasteiger partial charge is 0.478 e. The van der Waals surface area contributed by atoms with Crippen LogP contribution < -0.4 is 5.32 Å². The quantitative estimate of drug-likeness (QED) is 0.726. The molecule has 0 radical (unpaired) electrons. The minimum Gasteiger partial charge on any atom is -0.478 e. The van der Waals surface area contributed by atoms with Crippen molar-refractivity contribution in [2.24, 2.45) is 0 Å². The molecule has 0 fully saturated rings. The molecule has 1 heterocycles. The third kappa shape index (κ3) is 3.80. The lowest BCUT2D eigenvalue weighted by Gasteiger charge is -2.10. The van der Waals surface area contributed by atoms with Gasteiger partial charge in [0.05, 0.1) is 11.1 Å². The van der Waals surface area contributed by atoms with Crippen LogP contribution in [0.15, 0.2) is 54.6 Å². The molecule has 0 bridgehead atoms. The van der Waals surface area contributed by atoms with Gasteiger partial charge in [0.1, 0.15) is 11.6 Å². The van der Waals surface area contributed by atoms with Gasteiger partial charge in [-0.1, -0.05) is 19.1 Å². The van der Waals surface area contributed by atoms with Gasteiger partial charge in [0.25, 0.3) is 0 Å². The van der Waals surface area contributed by atoms with E-state index < -0.39 is 5.97 Å². The molecule has 0 amide bonds. The Hall–Kier alpha value is -3.28. The fraction of sp³-hybridized carbons (Fsp3) is 0.105. The van der Waals surface area contributed by atoms with Crippen molar-refractivity contribution in [3.05, 3.63) is 71.7 Å². The fourth-order valence-corrected chi connectivity index (χ4v) is 2.35. The number of nitrogens with one attached hydrogen (secondary N) is 1. The Labute approximate surface area is 144 Å². The van der Waals surface area contributed by atoms with E-state index in [9.17, 15) is 9.18 Å². The molecular formula is C19H16FN3O2. The van der Waals surface area contributed by atoms with Crippen LogP contribution in [-0.2, 0) is 6.42 Å². The van der Waals surface area contributed by atoms with Crippen molar-refractivity contribution in [2.75, 3.05) is 5.32 Å². The smallest absolute Gasteiger partial charge is 0.335 e. The van der Waals surface area contributed by atoms with Crippen LogP contribution in [0.4, 0.5) is 15.9 Å². The highest BCUT2D eigenvalue weighted by Crippen LogP contribution is 2.23. The number of carbonyl (C=O) groups is 1. The molecule has 0 spiro atoms. The monoisotopic (exact) mass is 337 g/mol. The number of halogens is 1. The van der Waals surface area contributed by atoms with Crippen molar-refractivity contribution >= 4 is 17.5 Å². The summed E-state index contributed by atoms with van der Waals surface area (Å²) in [6, 6.07) is 14.5. The highest BCUT2D eigenvalue weighted by Gasteiger charge is 2.11. The Balaban J connectivity index is 1.95. The van der Waals surface area contributed by atoms with E-state index in [1.54, 1.807) is 36.4 Å². The van der Waals surface area contributed by atoms with Crippen LogP contribution in [-0.4, -0.2) is 21.0 Å². The van der Waals surface area contributed by atoms with E-state index in [0.29, 0.717) is 29.3 Å². The molecule has 0 atom stereocenters. The number of aromatic carboxylic acids is 1. The molecule has 0 aliphatic heterocycles. The normalized spacial score (nSPS) is 10.5. The minimum atomic E-state index is -0.983. The summed E-state index contributed by atoms with van der Waals surface area (Å²) in [6.45, 7) is 1.96. The summed E-state index contributed by atoms with van der Waals surface area (Å²) >= 11 is 0. The zero-order valence-corrected chi connectivity index (χ0v) is 13.5. The lowest BCUT2D eigenvalue weighted by Crippen LogP contribution is -2.02. The highest BCUT2D eigenvalue weighted by molar-refractivity contribution is 5.88. The van der Waals surface area contributed by atoms with E-state index in [0.717, 1.165) is 5.69 Å². The predicted octanol–water partition coefficient (Wildman–Crippen LogP) is 4.29. The van der Waals surface area contributed by atoms with E-state index in [2.05, 4.69) is 15.3 Å². The summed E-state index contributed by atoms with van der Waals surface area (Å²) in [6.07, 6.45) is 0.677. The maximum atomic E-state index is 14.0. The molecule has 0 aliphatic carbocycles. The summed E-state index contributed by atoms with van der Waals surface area (Å²) < 4.78 is 14.0. The lowest BCUT2D eigenvalue weighted by atomic mass is 10.2. The third-order valence-corrected chi connectivity index (χ3v) is 3.66. The van der Waals surface area contributed by atoms with Crippen molar-refractivity contribution in [1.29, 1.82) is 0 Å². The Bertz CT molecular complexity index is 911. The van der Waals surface area contributed by atoms with Crippen LogP contribution in [0, 0.1) is 5.82 Å². The van der Waals surface area contributed by atoms with E-state index in [1.807, 2.05) is 6.92 Å². The lowest BCUT2D eigenvalue weighted by molar-refractivity contribution is 0.0697. The molecule has 0 saturated heterocycles. The van der Waals surface area contributed by atoms with Crippen LogP contribution in [0.5, 0.6) is 0 Å². The second kappa shape index (κ2) is 7.09. The topological polar surface area (TPSA) is 75.1 Å².